The zero-order chi connectivity index (χ0) is 18.2. The molecule has 1 heterocycles. The van der Waals surface area contributed by atoms with E-state index in [1.54, 1.807) is 12.1 Å². The van der Waals surface area contributed by atoms with Crippen molar-refractivity contribution in [2.75, 3.05) is 0 Å². The Balaban J connectivity index is 2.01. The van der Waals surface area contributed by atoms with Crippen molar-refractivity contribution in [3.05, 3.63) is 69.2 Å². The minimum Gasteiger partial charge on any atom is -0.477 e. The maximum Gasteiger partial charge on any atom is 0.346 e. The van der Waals surface area contributed by atoms with Gasteiger partial charge in [-0.25, -0.2) is 4.79 Å². The normalized spacial score (nSPS) is 11.4. The van der Waals surface area contributed by atoms with Gasteiger partial charge in [0.2, 0.25) is 0 Å². The molecule has 0 aliphatic rings. The molecule has 0 aliphatic heterocycles. The van der Waals surface area contributed by atoms with Gasteiger partial charge in [-0.1, -0.05) is 17.7 Å². The van der Waals surface area contributed by atoms with Gasteiger partial charge in [0.1, 0.15) is 15.5 Å². The molecule has 0 fully saturated rings. The fraction of sp³-hybridized carbons (Fsp3) is 0.0588. The van der Waals surface area contributed by atoms with Gasteiger partial charge in [0.05, 0.1) is 0 Å². The molecule has 0 aliphatic carbocycles. The van der Waals surface area contributed by atoms with E-state index >= 15 is 0 Å². The van der Waals surface area contributed by atoms with E-state index in [1.807, 2.05) is 6.92 Å². The van der Waals surface area contributed by atoms with Gasteiger partial charge in [0.15, 0.2) is 5.43 Å². The Labute approximate surface area is 147 Å². The van der Waals surface area contributed by atoms with E-state index in [4.69, 9.17) is 9.29 Å². The summed E-state index contributed by atoms with van der Waals surface area (Å²) in [7, 11) is -4.03. The smallest absolute Gasteiger partial charge is 0.346 e. The third kappa shape index (κ3) is 3.54. The van der Waals surface area contributed by atoms with Crippen molar-refractivity contribution in [3.63, 3.8) is 0 Å². The zero-order valence-electron chi connectivity index (χ0n) is 12.9. The van der Waals surface area contributed by atoms with Crippen molar-refractivity contribution in [2.24, 2.45) is 0 Å². The Kier molecular flexibility index (Phi) is 4.32. The summed E-state index contributed by atoms with van der Waals surface area (Å²) in [6.45, 7) is 1.84. The molecule has 0 saturated carbocycles. The van der Waals surface area contributed by atoms with Crippen LogP contribution in [0, 0.1) is 6.92 Å². The van der Waals surface area contributed by atoms with Crippen LogP contribution in [0.5, 0.6) is 5.75 Å². The van der Waals surface area contributed by atoms with Gasteiger partial charge < -0.3 is 9.29 Å². The van der Waals surface area contributed by atoms with Crippen LogP contribution in [-0.2, 0) is 10.1 Å². The quantitative estimate of drug-likeness (QED) is 0.703. The van der Waals surface area contributed by atoms with E-state index in [9.17, 15) is 18.0 Å². The van der Waals surface area contributed by atoms with Gasteiger partial charge in [-0.3, -0.25) is 4.79 Å². The van der Waals surface area contributed by atoms with E-state index in [2.05, 4.69) is 0 Å². The second kappa shape index (κ2) is 6.30. The zero-order valence-corrected chi connectivity index (χ0v) is 14.6. The standard InChI is InChI=1S/C17H12O6S2/c1-10-2-5-12(6-3-10)25(21,22)23-11-4-7-15-13(8-11)14(18)9-16(24-15)17(19)20/h2-9H,1H3,(H,19,20). The van der Waals surface area contributed by atoms with Crippen molar-refractivity contribution in [3.8, 4) is 5.75 Å². The van der Waals surface area contributed by atoms with Gasteiger partial charge in [-0.15, -0.1) is 11.3 Å². The SMILES string of the molecule is Cc1ccc(S(=O)(=O)Oc2ccc3sc(C(=O)O)cc(=O)c3c2)cc1. The predicted octanol–water partition coefficient (Wildman–Crippen LogP) is 3.04. The highest BCUT2D eigenvalue weighted by molar-refractivity contribution is 7.87. The molecule has 8 heteroatoms. The molecule has 0 spiro atoms. The fourth-order valence-corrected chi connectivity index (χ4v) is 3.99. The van der Waals surface area contributed by atoms with E-state index in [1.165, 1.54) is 30.3 Å². The number of rotatable bonds is 4. The molecule has 0 unspecified atom stereocenters. The predicted molar refractivity (Wildman–Crippen MR) is 94.0 cm³/mol. The van der Waals surface area contributed by atoms with Crippen molar-refractivity contribution < 1.29 is 22.5 Å². The van der Waals surface area contributed by atoms with Crippen molar-refractivity contribution in [1.82, 2.24) is 0 Å². The van der Waals surface area contributed by atoms with E-state index < -0.39 is 21.5 Å². The first kappa shape index (κ1) is 17.1. The lowest BCUT2D eigenvalue weighted by Gasteiger charge is -2.08. The van der Waals surface area contributed by atoms with Crippen LogP contribution >= 0.6 is 11.3 Å². The molecule has 0 radical (unpaired) electrons. The summed E-state index contributed by atoms with van der Waals surface area (Å²) in [5.41, 5.74) is 0.403. The average Bonchev–Trinajstić information content (AvgIpc) is 2.55. The Morgan fingerprint density at radius 1 is 1.08 bits per heavy atom. The van der Waals surface area contributed by atoms with Gasteiger partial charge in [-0.2, -0.15) is 8.42 Å². The number of carboxylic acids is 1. The lowest BCUT2D eigenvalue weighted by atomic mass is 10.2. The topological polar surface area (TPSA) is 97.7 Å². The first-order valence-electron chi connectivity index (χ1n) is 7.09. The summed E-state index contributed by atoms with van der Waals surface area (Å²) in [6, 6.07) is 11.3. The van der Waals surface area contributed by atoms with Crippen LogP contribution in [0.3, 0.4) is 0 Å². The molecule has 3 rings (SSSR count). The number of hydrogen-bond acceptors (Lipinski definition) is 6. The molecule has 0 atom stereocenters. The number of carboxylic acid groups (broad SMARTS) is 1. The van der Waals surface area contributed by atoms with Gasteiger partial charge in [0.25, 0.3) is 0 Å². The first-order chi connectivity index (χ1) is 11.8. The Morgan fingerprint density at radius 2 is 1.76 bits per heavy atom. The molecule has 128 valence electrons. The number of hydrogen-bond donors (Lipinski definition) is 1. The van der Waals surface area contributed by atoms with Crippen LogP contribution in [0.15, 0.2) is 58.2 Å². The summed E-state index contributed by atoms with van der Waals surface area (Å²) in [5.74, 6) is -1.20. The third-order valence-corrected chi connectivity index (χ3v) is 5.77. The molecule has 0 saturated heterocycles. The molecule has 25 heavy (non-hydrogen) atoms. The van der Waals surface area contributed by atoms with Crippen LogP contribution in [-0.4, -0.2) is 19.5 Å². The molecular weight excluding hydrogens is 364 g/mol. The fourth-order valence-electron chi connectivity index (χ4n) is 2.17. The van der Waals surface area contributed by atoms with Crippen LogP contribution in [0.2, 0.25) is 0 Å². The highest BCUT2D eigenvalue weighted by Crippen LogP contribution is 2.26. The summed E-state index contributed by atoms with van der Waals surface area (Å²) >= 11 is 0.929. The number of fused-ring (bicyclic) bond motifs is 1. The molecule has 1 aromatic heterocycles. The molecule has 1 N–H and O–H groups in total. The largest absolute Gasteiger partial charge is 0.477 e. The third-order valence-electron chi connectivity index (χ3n) is 3.42. The van der Waals surface area contributed by atoms with Gasteiger partial charge >= 0.3 is 16.1 Å². The minimum atomic E-state index is -4.03. The lowest BCUT2D eigenvalue weighted by Crippen LogP contribution is -2.10. The Morgan fingerprint density at radius 3 is 2.40 bits per heavy atom. The van der Waals surface area contributed by atoms with Gasteiger partial charge in [-0.05, 0) is 37.3 Å². The molecule has 6 nitrogen and oxygen atoms in total. The number of carbonyl (C=O) groups is 1. The summed E-state index contributed by atoms with van der Waals surface area (Å²) in [4.78, 5) is 23.0. The van der Waals surface area contributed by atoms with Crippen LogP contribution < -0.4 is 9.61 Å². The summed E-state index contributed by atoms with van der Waals surface area (Å²) in [5, 5.41) is 9.19. The minimum absolute atomic E-state index is 0.00424. The molecule has 3 aromatic rings. The van der Waals surface area contributed by atoms with E-state index in [0.717, 1.165) is 23.0 Å². The highest BCUT2D eigenvalue weighted by atomic mass is 32.2. The number of aromatic carboxylic acids is 1. The molecular formula is C17H12O6S2. The average molecular weight is 376 g/mol. The Hall–Kier alpha value is -2.71. The summed E-state index contributed by atoms with van der Waals surface area (Å²) < 4.78 is 30.1. The second-order valence-corrected chi connectivity index (χ2v) is 7.92. The van der Waals surface area contributed by atoms with Crippen LogP contribution in [0.4, 0.5) is 0 Å². The van der Waals surface area contributed by atoms with E-state index in [0.29, 0.717) is 4.70 Å². The number of benzene rings is 2. The molecule has 0 amide bonds. The van der Waals surface area contributed by atoms with Crippen molar-refractivity contribution in [1.29, 1.82) is 0 Å². The highest BCUT2D eigenvalue weighted by Gasteiger charge is 2.17. The van der Waals surface area contributed by atoms with Gasteiger partial charge in [0, 0.05) is 16.2 Å². The number of aryl methyl sites for hydroxylation is 1. The lowest BCUT2D eigenvalue weighted by molar-refractivity contribution is 0.0702. The maximum absolute atomic E-state index is 12.3. The maximum atomic E-state index is 12.3. The molecule has 0 bridgehead atoms. The van der Waals surface area contributed by atoms with Crippen molar-refractivity contribution >= 4 is 37.5 Å². The van der Waals surface area contributed by atoms with Crippen molar-refractivity contribution in [2.45, 2.75) is 11.8 Å². The monoisotopic (exact) mass is 376 g/mol. The van der Waals surface area contributed by atoms with E-state index in [-0.39, 0.29) is 20.9 Å². The second-order valence-electron chi connectivity index (χ2n) is 5.29. The molecule has 2 aromatic carbocycles. The van der Waals surface area contributed by atoms with Crippen LogP contribution in [0.1, 0.15) is 15.2 Å². The summed E-state index contributed by atoms with van der Waals surface area (Å²) in [6.07, 6.45) is 0. The first-order valence-corrected chi connectivity index (χ1v) is 9.31. The Bertz CT molecular complexity index is 1130. The van der Waals surface area contributed by atoms with Crippen LogP contribution in [0.25, 0.3) is 10.1 Å².